The maximum Gasteiger partial charge on any atom is 0.200 e. The maximum atomic E-state index is 5.99. The zero-order chi connectivity index (χ0) is 12.7. The van der Waals surface area contributed by atoms with Gasteiger partial charge in [-0.25, -0.2) is 4.98 Å². The molecule has 0 aliphatic heterocycles. The lowest BCUT2D eigenvalue weighted by molar-refractivity contribution is 0.334. The fourth-order valence-corrected chi connectivity index (χ4v) is 1.58. The third-order valence-electron chi connectivity index (χ3n) is 2.52. The quantitative estimate of drug-likeness (QED) is 0.705. The Balaban J connectivity index is 3.32. The van der Waals surface area contributed by atoms with Crippen LogP contribution in [0.2, 0.25) is 0 Å². The van der Waals surface area contributed by atoms with Crippen LogP contribution in [0.5, 0.6) is 0 Å². The normalized spacial score (nSPS) is 13.6. The third-order valence-corrected chi connectivity index (χ3v) is 2.52. The molecular formula is C14H25NO. The first-order valence-electron chi connectivity index (χ1n) is 6.05. The van der Waals surface area contributed by atoms with Gasteiger partial charge in [0.05, 0.1) is 5.69 Å². The highest BCUT2D eigenvalue weighted by molar-refractivity contribution is 5.22. The van der Waals surface area contributed by atoms with Crippen LogP contribution in [0, 0.1) is 0 Å². The van der Waals surface area contributed by atoms with Crippen molar-refractivity contribution in [3.63, 3.8) is 0 Å². The zero-order valence-corrected chi connectivity index (χ0v) is 11.9. The summed E-state index contributed by atoms with van der Waals surface area (Å²) in [7, 11) is 0. The molecule has 0 bridgehead atoms. The summed E-state index contributed by atoms with van der Waals surface area (Å²) in [5.74, 6) is 2.29. The van der Waals surface area contributed by atoms with Gasteiger partial charge in [0.25, 0.3) is 0 Å². The highest BCUT2D eigenvalue weighted by Gasteiger charge is 2.30. The molecule has 0 radical (unpaired) electrons. The van der Waals surface area contributed by atoms with Crippen LogP contribution < -0.4 is 0 Å². The van der Waals surface area contributed by atoms with Crippen LogP contribution in [-0.2, 0) is 10.8 Å². The topological polar surface area (TPSA) is 26.0 Å². The average molecular weight is 223 g/mol. The van der Waals surface area contributed by atoms with E-state index in [4.69, 9.17) is 4.42 Å². The average Bonchev–Trinajstić information content (AvgIpc) is 2.44. The van der Waals surface area contributed by atoms with E-state index in [-0.39, 0.29) is 10.8 Å². The fourth-order valence-electron chi connectivity index (χ4n) is 1.58. The van der Waals surface area contributed by atoms with Gasteiger partial charge in [-0.15, -0.1) is 0 Å². The highest BCUT2D eigenvalue weighted by atomic mass is 16.4. The van der Waals surface area contributed by atoms with Crippen molar-refractivity contribution in [1.82, 2.24) is 4.98 Å². The van der Waals surface area contributed by atoms with E-state index < -0.39 is 0 Å². The lowest BCUT2D eigenvalue weighted by Gasteiger charge is -2.18. The first kappa shape index (κ1) is 13.3. The lowest BCUT2D eigenvalue weighted by atomic mass is 9.89. The molecular weight excluding hydrogens is 198 g/mol. The Morgan fingerprint density at radius 2 is 1.44 bits per heavy atom. The van der Waals surface area contributed by atoms with Crippen LogP contribution >= 0.6 is 0 Å². The van der Waals surface area contributed by atoms with Crippen molar-refractivity contribution in [3.05, 3.63) is 17.3 Å². The maximum absolute atomic E-state index is 5.99. The van der Waals surface area contributed by atoms with Crippen molar-refractivity contribution >= 4 is 0 Å². The second-order valence-electron chi connectivity index (χ2n) is 6.89. The number of hydrogen-bond donors (Lipinski definition) is 0. The molecule has 0 aliphatic rings. The molecule has 0 saturated carbocycles. The number of aromatic nitrogens is 1. The Hall–Kier alpha value is -0.790. The van der Waals surface area contributed by atoms with Gasteiger partial charge in [0.15, 0.2) is 5.89 Å². The molecule has 0 saturated heterocycles. The SMILES string of the molecule is CC(C)c1nc(C(C)(C)C)oc1C(C)(C)C. The smallest absolute Gasteiger partial charge is 0.200 e. The van der Waals surface area contributed by atoms with Crippen molar-refractivity contribution in [2.75, 3.05) is 0 Å². The molecule has 0 aliphatic carbocycles. The molecule has 0 spiro atoms. The molecule has 0 fully saturated rings. The molecule has 1 rings (SSSR count). The molecule has 1 aromatic heterocycles. The van der Waals surface area contributed by atoms with Crippen LogP contribution in [0.25, 0.3) is 0 Å². The summed E-state index contributed by atoms with van der Waals surface area (Å²) >= 11 is 0. The first-order valence-corrected chi connectivity index (χ1v) is 6.05. The second kappa shape index (κ2) is 3.90. The van der Waals surface area contributed by atoms with Gasteiger partial charge in [0.1, 0.15) is 5.76 Å². The number of hydrogen-bond acceptors (Lipinski definition) is 2. The summed E-state index contributed by atoms with van der Waals surface area (Å²) in [6, 6.07) is 0. The predicted molar refractivity (Wildman–Crippen MR) is 68.0 cm³/mol. The van der Waals surface area contributed by atoms with E-state index in [1.165, 1.54) is 0 Å². The van der Waals surface area contributed by atoms with Crippen molar-refractivity contribution in [3.8, 4) is 0 Å². The van der Waals surface area contributed by atoms with Gasteiger partial charge >= 0.3 is 0 Å². The largest absolute Gasteiger partial charge is 0.444 e. The van der Waals surface area contributed by atoms with Gasteiger partial charge in [-0.1, -0.05) is 55.4 Å². The van der Waals surface area contributed by atoms with Gasteiger partial charge < -0.3 is 4.42 Å². The van der Waals surface area contributed by atoms with E-state index in [1.807, 2.05) is 0 Å². The molecule has 92 valence electrons. The van der Waals surface area contributed by atoms with E-state index in [2.05, 4.69) is 60.4 Å². The third kappa shape index (κ3) is 2.66. The van der Waals surface area contributed by atoms with Gasteiger partial charge in [0, 0.05) is 10.8 Å². The Bertz CT molecular complexity index is 361. The predicted octanol–water partition coefficient (Wildman–Crippen LogP) is 4.39. The van der Waals surface area contributed by atoms with E-state index in [0.717, 1.165) is 17.3 Å². The molecule has 2 heteroatoms. The summed E-state index contributed by atoms with van der Waals surface area (Å²) in [6.45, 7) is 17.3. The molecule has 2 nitrogen and oxygen atoms in total. The lowest BCUT2D eigenvalue weighted by Crippen LogP contribution is -2.13. The van der Waals surface area contributed by atoms with E-state index in [0.29, 0.717) is 5.92 Å². The van der Waals surface area contributed by atoms with E-state index in [9.17, 15) is 0 Å². The van der Waals surface area contributed by atoms with Crippen LogP contribution in [0.1, 0.15) is 78.7 Å². The van der Waals surface area contributed by atoms with Crippen molar-refractivity contribution < 1.29 is 4.42 Å². The Morgan fingerprint density at radius 1 is 0.938 bits per heavy atom. The van der Waals surface area contributed by atoms with Crippen molar-refractivity contribution in [2.24, 2.45) is 0 Å². The molecule has 0 amide bonds. The van der Waals surface area contributed by atoms with E-state index >= 15 is 0 Å². The highest BCUT2D eigenvalue weighted by Crippen LogP contribution is 2.34. The van der Waals surface area contributed by atoms with Crippen LogP contribution in [0.4, 0.5) is 0 Å². The van der Waals surface area contributed by atoms with Crippen LogP contribution in [-0.4, -0.2) is 4.98 Å². The molecule has 0 unspecified atom stereocenters. The van der Waals surface area contributed by atoms with Gasteiger partial charge in [0.2, 0.25) is 0 Å². The molecule has 16 heavy (non-hydrogen) atoms. The zero-order valence-electron chi connectivity index (χ0n) is 11.9. The minimum atomic E-state index is -0.0207. The number of oxazole rings is 1. The number of rotatable bonds is 1. The summed E-state index contributed by atoms with van der Waals surface area (Å²) in [6.07, 6.45) is 0. The summed E-state index contributed by atoms with van der Waals surface area (Å²) in [4.78, 5) is 4.68. The van der Waals surface area contributed by atoms with Gasteiger partial charge in [-0.2, -0.15) is 0 Å². The fraction of sp³-hybridized carbons (Fsp3) is 0.786. The molecule has 1 heterocycles. The van der Waals surface area contributed by atoms with Gasteiger partial charge in [-0.3, -0.25) is 0 Å². The molecule has 0 aromatic carbocycles. The summed E-state index contributed by atoms with van der Waals surface area (Å²) in [5.41, 5.74) is 1.11. The monoisotopic (exact) mass is 223 g/mol. The number of nitrogens with zero attached hydrogens (tertiary/aromatic N) is 1. The van der Waals surface area contributed by atoms with Crippen LogP contribution in [0.3, 0.4) is 0 Å². The summed E-state index contributed by atoms with van der Waals surface area (Å²) in [5, 5.41) is 0. The van der Waals surface area contributed by atoms with Crippen LogP contribution in [0.15, 0.2) is 4.42 Å². The standard InChI is InChI=1S/C14H25NO/c1-9(2)10-11(13(3,4)5)16-12(15-10)14(6,7)8/h9H,1-8H3. The van der Waals surface area contributed by atoms with Crippen molar-refractivity contribution in [2.45, 2.75) is 72.1 Å². The Kier molecular flexibility index (Phi) is 3.24. The summed E-state index contributed by atoms with van der Waals surface area (Å²) < 4.78 is 5.99. The Morgan fingerprint density at radius 3 is 1.69 bits per heavy atom. The van der Waals surface area contributed by atoms with Gasteiger partial charge in [-0.05, 0) is 5.92 Å². The molecule has 1 aromatic rings. The first-order chi connectivity index (χ1) is 7.03. The minimum absolute atomic E-state index is 0.0207. The Labute approximate surface area is 99.5 Å². The molecule has 0 atom stereocenters. The van der Waals surface area contributed by atoms with Crippen molar-refractivity contribution in [1.29, 1.82) is 0 Å². The second-order valence-corrected chi connectivity index (χ2v) is 6.89. The minimum Gasteiger partial charge on any atom is -0.444 e. The van der Waals surface area contributed by atoms with E-state index in [1.54, 1.807) is 0 Å². The molecule has 0 N–H and O–H groups in total.